The lowest BCUT2D eigenvalue weighted by Gasteiger charge is -2.27. The Labute approximate surface area is 164 Å². The molecule has 2 heteroatoms. The molecule has 0 heterocycles. The maximum Gasteiger partial charge on any atom is 0.0462 e. The van der Waals surface area contributed by atoms with Gasteiger partial charge in [0, 0.05) is 20.6 Å². The maximum absolute atomic E-state index is 2.35. The van der Waals surface area contributed by atoms with E-state index in [-0.39, 0.29) is 5.41 Å². The molecule has 0 aliphatic rings. The molecule has 0 aromatic heterocycles. The molecule has 0 aliphatic carbocycles. The number of aryl methyl sites for hydroxylation is 1. The summed E-state index contributed by atoms with van der Waals surface area (Å²) in [6, 6.07) is 26.3. The summed E-state index contributed by atoms with van der Waals surface area (Å²) in [7, 11) is 0. The lowest BCUT2D eigenvalue weighted by Crippen LogP contribution is -2.13. The molecule has 25 heavy (non-hydrogen) atoms. The second-order valence-corrected chi connectivity index (χ2v) is 8.69. The van der Waals surface area contributed by atoms with E-state index in [0.717, 1.165) is 0 Å². The third kappa shape index (κ3) is 4.24. The van der Waals surface area contributed by atoms with Crippen LogP contribution in [0.2, 0.25) is 0 Å². The van der Waals surface area contributed by atoms with Crippen LogP contribution in [0.1, 0.15) is 31.9 Å². The molecule has 3 aromatic rings. The van der Waals surface area contributed by atoms with Crippen LogP contribution in [0.25, 0.3) is 0 Å². The highest BCUT2D eigenvalue weighted by atomic mass is 127. The molecule has 1 nitrogen and oxygen atoms in total. The zero-order valence-corrected chi connectivity index (χ0v) is 17.4. The van der Waals surface area contributed by atoms with Crippen molar-refractivity contribution in [2.24, 2.45) is 0 Å². The van der Waals surface area contributed by atoms with E-state index < -0.39 is 0 Å². The quantitative estimate of drug-likeness (QED) is 0.384. The Morgan fingerprint density at radius 3 is 1.48 bits per heavy atom. The zero-order chi connectivity index (χ0) is 18.0. The van der Waals surface area contributed by atoms with Gasteiger partial charge in [0.2, 0.25) is 0 Å². The molecular formula is C23H24IN. The summed E-state index contributed by atoms with van der Waals surface area (Å²) in [5.41, 5.74) is 6.31. The molecule has 0 atom stereocenters. The van der Waals surface area contributed by atoms with Crippen LogP contribution < -0.4 is 4.90 Å². The molecule has 0 unspecified atom stereocenters. The van der Waals surface area contributed by atoms with E-state index in [4.69, 9.17) is 0 Å². The number of hydrogen-bond acceptors (Lipinski definition) is 1. The Kier molecular flexibility index (Phi) is 5.19. The van der Waals surface area contributed by atoms with E-state index in [9.17, 15) is 0 Å². The second-order valence-electron chi connectivity index (χ2n) is 7.44. The molecule has 0 bridgehead atoms. The Bertz CT molecular complexity index is 780. The Balaban J connectivity index is 2.07. The van der Waals surface area contributed by atoms with Gasteiger partial charge in [-0.2, -0.15) is 0 Å². The third-order valence-corrected chi connectivity index (χ3v) is 5.09. The Morgan fingerprint density at radius 2 is 1.04 bits per heavy atom. The van der Waals surface area contributed by atoms with E-state index in [1.165, 1.54) is 31.8 Å². The number of nitrogens with zero attached hydrogens (tertiary/aromatic N) is 1. The molecule has 0 spiro atoms. The largest absolute Gasteiger partial charge is 0.311 e. The first-order chi connectivity index (χ1) is 11.8. The van der Waals surface area contributed by atoms with Gasteiger partial charge < -0.3 is 4.90 Å². The van der Waals surface area contributed by atoms with E-state index >= 15 is 0 Å². The first-order valence-corrected chi connectivity index (χ1v) is 9.65. The summed E-state index contributed by atoms with van der Waals surface area (Å²) in [4.78, 5) is 2.31. The fourth-order valence-corrected chi connectivity index (χ4v) is 3.20. The van der Waals surface area contributed by atoms with Crippen molar-refractivity contribution in [3.63, 3.8) is 0 Å². The van der Waals surface area contributed by atoms with Crippen molar-refractivity contribution in [1.29, 1.82) is 0 Å². The lowest BCUT2D eigenvalue weighted by molar-refractivity contribution is 0.590. The number of benzene rings is 3. The third-order valence-electron chi connectivity index (χ3n) is 4.37. The van der Waals surface area contributed by atoms with Crippen LogP contribution in [0.5, 0.6) is 0 Å². The molecule has 0 aliphatic heterocycles. The molecule has 0 saturated carbocycles. The van der Waals surface area contributed by atoms with Gasteiger partial charge in [-0.15, -0.1) is 0 Å². The van der Waals surface area contributed by atoms with Crippen molar-refractivity contribution in [1.82, 2.24) is 0 Å². The number of hydrogen-bond donors (Lipinski definition) is 0. The van der Waals surface area contributed by atoms with Gasteiger partial charge in [-0.1, -0.05) is 50.6 Å². The zero-order valence-electron chi connectivity index (χ0n) is 15.3. The summed E-state index contributed by atoms with van der Waals surface area (Å²) in [5.74, 6) is 0. The van der Waals surface area contributed by atoms with Crippen molar-refractivity contribution in [2.75, 3.05) is 4.90 Å². The van der Waals surface area contributed by atoms with Gasteiger partial charge >= 0.3 is 0 Å². The smallest absolute Gasteiger partial charge is 0.0462 e. The van der Waals surface area contributed by atoms with Gasteiger partial charge in [0.05, 0.1) is 0 Å². The molecule has 0 amide bonds. The van der Waals surface area contributed by atoms with Gasteiger partial charge in [-0.05, 0) is 89.0 Å². The molecule has 3 rings (SSSR count). The standard InChI is InChI=1S/C23H24IN/c1-17-5-11-20(12-6-17)25(22-15-9-19(24)10-16-22)21-13-7-18(8-14-21)23(2,3)4/h5-16H,1-4H3. The monoisotopic (exact) mass is 441 g/mol. The van der Waals surface area contributed by atoms with Gasteiger partial charge in [0.1, 0.15) is 0 Å². The van der Waals surface area contributed by atoms with Crippen LogP contribution in [-0.4, -0.2) is 0 Å². The second kappa shape index (κ2) is 7.20. The van der Waals surface area contributed by atoms with Crippen LogP contribution in [0, 0.1) is 10.5 Å². The van der Waals surface area contributed by atoms with Crippen LogP contribution in [0.4, 0.5) is 17.1 Å². The summed E-state index contributed by atoms with van der Waals surface area (Å²) >= 11 is 2.35. The number of anilines is 3. The van der Waals surface area contributed by atoms with E-state index in [1.807, 2.05) is 0 Å². The van der Waals surface area contributed by atoms with Gasteiger partial charge in [0.15, 0.2) is 0 Å². The highest BCUT2D eigenvalue weighted by Gasteiger charge is 2.16. The van der Waals surface area contributed by atoms with Crippen LogP contribution in [-0.2, 0) is 5.41 Å². The van der Waals surface area contributed by atoms with Crippen molar-refractivity contribution >= 4 is 39.7 Å². The predicted octanol–water partition coefficient (Wildman–Crippen LogP) is 7.37. The first kappa shape index (κ1) is 18.0. The average molecular weight is 441 g/mol. The van der Waals surface area contributed by atoms with Crippen molar-refractivity contribution < 1.29 is 0 Å². The molecule has 0 fully saturated rings. The fourth-order valence-electron chi connectivity index (χ4n) is 2.84. The SMILES string of the molecule is Cc1ccc(N(c2ccc(I)cc2)c2ccc(C(C)(C)C)cc2)cc1. The summed E-state index contributed by atoms with van der Waals surface area (Å²) in [6.07, 6.45) is 0. The minimum atomic E-state index is 0.163. The summed E-state index contributed by atoms with van der Waals surface area (Å²) in [5, 5.41) is 0. The Hall–Kier alpha value is -1.81. The number of halogens is 1. The maximum atomic E-state index is 2.35. The molecule has 0 radical (unpaired) electrons. The highest BCUT2D eigenvalue weighted by molar-refractivity contribution is 14.1. The highest BCUT2D eigenvalue weighted by Crippen LogP contribution is 2.35. The summed E-state index contributed by atoms with van der Waals surface area (Å²) in [6.45, 7) is 8.87. The predicted molar refractivity (Wildman–Crippen MR) is 117 cm³/mol. The molecule has 0 N–H and O–H groups in total. The molecule has 0 saturated heterocycles. The van der Waals surface area contributed by atoms with Crippen LogP contribution in [0.3, 0.4) is 0 Å². The first-order valence-electron chi connectivity index (χ1n) is 8.57. The minimum absolute atomic E-state index is 0.163. The van der Waals surface area contributed by atoms with Gasteiger partial charge in [0.25, 0.3) is 0 Å². The van der Waals surface area contributed by atoms with Gasteiger partial charge in [-0.3, -0.25) is 0 Å². The topological polar surface area (TPSA) is 3.24 Å². The normalized spacial score (nSPS) is 11.4. The molecule has 3 aromatic carbocycles. The minimum Gasteiger partial charge on any atom is -0.311 e. The van der Waals surface area contributed by atoms with Crippen molar-refractivity contribution in [3.8, 4) is 0 Å². The lowest BCUT2D eigenvalue weighted by atomic mass is 9.87. The number of rotatable bonds is 3. The molecule has 128 valence electrons. The van der Waals surface area contributed by atoms with Gasteiger partial charge in [-0.25, -0.2) is 0 Å². The average Bonchev–Trinajstić information content (AvgIpc) is 2.58. The van der Waals surface area contributed by atoms with Crippen molar-refractivity contribution in [2.45, 2.75) is 33.1 Å². The van der Waals surface area contributed by atoms with E-state index in [1.54, 1.807) is 0 Å². The van der Waals surface area contributed by atoms with Crippen LogP contribution >= 0.6 is 22.6 Å². The van der Waals surface area contributed by atoms with E-state index in [0.29, 0.717) is 0 Å². The summed E-state index contributed by atoms with van der Waals surface area (Å²) < 4.78 is 1.24. The van der Waals surface area contributed by atoms with Crippen LogP contribution in [0.15, 0.2) is 72.8 Å². The molecular weight excluding hydrogens is 417 g/mol. The Morgan fingerprint density at radius 1 is 0.640 bits per heavy atom. The van der Waals surface area contributed by atoms with Crippen molar-refractivity contribution in [3.05, 3.63) is 87.5 Å². The fraction of sp³-hybridized carbons (Fsp3) is 0.217. The van der Waals surface area contributed by atoms with E-state index in [2.05, 4.69) is 128 Å².